The van der Waals surface area contributed by atoms with Crippen molar-refractivity contribution >= 4 is 0 Å². The lowest BCUT2D eigenvalue weighted by Crippen LogP contribution is -2.22. The van der Waals surface area contributed by atoms with Crippen molar-refractivity contribution in [2.45, 2.75) is 18.4 Å². The highest BCUT2D eigenvalue weighted by Crippen LogP contribution is 2.35. The summed E-state index contributed by atoms with van der Waals surface area (Å²) in [5.41, 5.74) is 0. The van der Waals surface area contributed by atoms with Gasteiger partial charge in [-0.25, -0.2) is 0 Å². The van der Waals surface area contributed by atoms with E-state index >= 15 is 0 Å². The van der Waals surface area contributed by atoms with E-state index in [1.165, 1.54) is 0 Å². The van der Waals surface area contributed by atoms with Crippen LogP contribution in [0, 0.1) is 0 Å². The molecule has 2 atom stereocenters. The molecule has 20 heavy (non-hydrogen) atoms. The zero-order valence-electron chi connectivity index (χ0n) is 10.8. The molecule has 2 aliphatic rings. The molecule has 0 saturated carbocycles. The van der Waals surface area contributed by atoms with Gasteiger partial charge in [-0.1, -0.05) is 17.3 Å². The normalized spacial score (nSPS) is 24.8. The molecule has 1 saturated heterocycles. The van der Waals surface area contributed by atoms with E-state index in [1.807, 2.05) is 24.3 Å². The molecule has 2 aromatic rings. The van der Waals surface area contributed by atoms with Crippen molar-refractivity contribution in [3.63, 3.8) is 0 Å². The van der Waals surface area contributed by atoms with Crippen LogP contribution in [0.1, 0.15) is 30.2 Å². The van der Waals surface area contributed by atoms with Crippen LogP contribution in [0.3, 0.4) is 0 Å². The quantitative estimate of drug-likeness (QED) is 0.835. The van der Waals surface area contributed by atoms with Gasteiger partial charge in [0.15, 0.2) is 17.6 Å². The van der Waals surface area contributed by atoms with Gasteiger partial charge in [0, 0.05) is 6.61 Å². The summed E-state index contributed by atoms with van der Waals surface area (Å²) in [6.45, 7) is 1.78. The van der Waals surface area contributed by atoms with Crippen LogP contribution in [0.15, 0.2) is 28.8 Å². The maximum Gasteiger partial charge on any atom is 0.232 e. The first-order valence-corrected chi connectivity index (χ1v) is 6.70. The number of fused-ring (bicyclic) bond motifs is 1. The number of benzene rings is 1. The van der Waals surface area contributed by atoms with E-state index in [2.05, 4.69) is 10.1 Å². The van der Waals surface area contributed by atoms with E-state index in [4.69, 9.17) is 18.7 Å². The third kappa shape index (κ3) is 2.02. The highest BCUT2D eigenvalue weighted by Gasteiger charge is 2.29. The molecule has 1 aromatic heterocycles. The summed E-state index contributed by atoms with van der Waals surface area (Å²) in [6.07, 6.45) is 0.594. The minimum Gasteiger partial charge on any atom is -0.485 e. The van der Waals surface area contributed by atoms with Crippen molar-refractivity contribution < 1.29 is 18.7 Å². The Bertz CT molecular complexity index is 607. The van der Waals surface area contributed by atoms with Gasteiger partial charge in [-0.3, -0.25) is 0 Å². The van der Waals surface area contributed by atoms with Crippen LogP contribution in [0.25, 0.3) is 0 Å². The van der Waals surface area contributed by atoms with Gasteiger partial charge in [0.25, 0.3) is 0 Å². The van der Waals surface area contributed by atoms with Gasteiger partial charge in [-0.05, 0) is 18.6 Å². The van der Waals surface area contributed by atoms with Gasteiger partial charge in [0.1, 0.15) is 6.61 Å². The number of aromatic nitrogens is 2. The minimum absolute atomic E-state index is 0.202. The van der Waals surface area contributed by atoms with E-state index in [1.54, 1.807) is 0 Å². The number of hydrogen-bond donors (Lipinski definition) is 0. The Morgan fingerprint density at radius 3 is 2.85 bits per heavy atom. The SMILES string of the molecule is c1ccc2c(c1)OC[C@H](c1noc([C@@H]3CCOC3)n1)O2. The smallest absolute Gasteiger partial charge is 0.232 e. The summed E-state index contributed by atoms with van der Waals surface area (Å²) >= 11 is 0. The summed E-state index contributed by atoms with van der Waals surface area (Å²) in [5.74, 6) is 2.81. The molecule has 4 rings (SSSR count). The number of rotatable bonds is 2. The molecule has 0 N–H and O–H groups in total. The van der Waals surface area contributed by atoms with Crippen LogP contribution in [-0.2, 0) is 4.74 Å². The summed E-state index contributed by atoms with van der Waals surface area (Å²) in [7, 11) is 0. The molecule has 0 aliphatic carbocycles. The van der Waals surface area contributed by atoms with Gasteiger partial charge in [-0.15, -0.1) is 0 Å². The second-order valence-electron chi connectivity index (χ2n) is 4.92. The van der Waals surface area contributed by atoms with Crippen LogP contribution in [0.5, 0.6) is 11.5 Å². The number of ether oxygens (including phenoxy) is 3. The lowest BCUT2D eigenvalue weighted by molar-refractivity contribution is 0.0832. The fourth-order valence-corrected chi connectivity index (χ4v) is 2.42. The van der Waals surface area contributed by atoms with Gasteiger partial charge in [0.2, 0.25) is 11.7 Å². The van der Waals surface area contributed by atoms with Crippen molar-refractivity contribution in [2.24, 2.45) is 0 Å². The second-order valence-corrected chi connectivity index (χ2v) is 4.92. The van der Waals surface area contributed by atoms with E-state index in [9.17, 15) is 0 Å². The summed E-state index contributed by atoms with van der Waals surface area (Å²) in [6, 6.07) is 7.56. The fraction of sp³-hybridized carbons (Fsp3) is 0.429. The monoisotopic (exact) mass is 274 g/mol. The second kappa shape index (κ2) is 4.79. The minimum atomic E-state index is -0.329. The predicted molar refractivity (Wildman–Crippen MR) is 67.8 cm³/mol. The Hall–Kier alpha value is -2.08. The van der Waals surface area contributed by atoms with Gasteiger partial charge < -0.3 is 18.7 Å². The maximum absolute atomic E-state index is 5.85. The Morgan fingerprint density at radius 1 is 1.10 bits per heavy atom. The van der Waals surface area contributed by atoms with E-state index in [0.717, 1.165) is 18.8 Å². The predicted octanol–water partition coefficient (Wildman–Crippen LogP) is 2.09. The zero-order valence-corrected chi connectivity index (χ0v) is 10.8. The van der Waals surface area contributed by atoms with E-state index in [-0.39, 0.29) is 12.0 Å². The standard InChI is InChI=1S/C14H14N2O4/c1-2-4-11-10(3-1)18-8-12(19-11)13-15-14(20-16-13)9-5-6-17-7-9/h1-4,9,12H,5-8H2/t9-,12-/m1/s1. The summed E-state index contributed by atoms with van der Waals surface area (Å²) in [5, 5.41) is 4.01. The van der Waals surface area contributed by atoms with Crippen LogP contribution >= 0.6 is 0 Å². The molecule has 1 aromatic carbocycles. The first-order chi connectivity index (χ1) is 9.90. The average molecular weight is 274 g/mol. The van der Waals surface area contributed by atoms with Crippen LogP contribution < -0.4 is 9.47 Å². The van der Waals surface area contributed by atoms with Gasteiger partial charge in [0.05, 0.1) is 12.5 Å². The highest BCUT2D eigenvalue weighted by molar-refractivity contribution is 5.40. The van der Waals surface area contributed by atoms with Crippen LogP contribution in [0.2, 0.25) is 0 Å². The van der Waals surface area contributed by atoms with E-state index < -0.39 is 0 Å². The molecule has 0 radical (unpaired) electrons. The first-order valence-electron chi connectivity index (χ1n) is 6.70. The third-order valence-corrected chi connectivity index (χ3v) is 3.53. The molecule has 0 spiro atoms. The Morgan fingerprint density at radius 2 is 2.00 bits per heavy atom. The Balaban J connectivity index is 1.54. The number of hydrogen-bond acceptors (Lipinski definition) is 6. The largest absolute Gasteiger partial charge is 0.485 e. The van der Waals surface area contributed by atoms with Crippen molar-refractivity contribution in [3.05, 3.63) is 36.0 Å². The van der Waals surface area contributed by atoms with Crippen molar-refractivity contribution in [3.8, 4) is 11.5 Å². The van der Waals surface area contributed by atoms with Crippen LogP contribution in [0.4, 0.5) is 0 Å². The van der Waals surface area contributed by atoms with Gasteiger partial charge >= 0.3 is 0 Å². The zero-order chi connectivity index (χ0) is 13.4. The van der Waals surface area contributed by atoms with Crippen molar-refractivity contribution in [1.82, 2.24) is 10.1 Å². The fourth-order valence-electron chi connectivity index (χ4n) is 2.42. The highest BCUT2D eigenvalue weighted by atomic mass is 16.6. The summed E-state index contributed by atoms with van der Waals surface area (Å²) in [4.78, 5) is 4.43. The maximum atomic E-state index is 5.85. The molecule has 0 amide bonds. The Kier molecular flexibility index (Phi) is 2.81. The van der Waals surface area contributed by atoms with E-state index in [0.29, 0.717) is 30.7 Å². The number of nitrogens with zero attached hydrogens (tertiary/aromatic N) is 2. The molecular weight excluding hydrogens is 260 g/mol. The topological polar surface area (TPSA) is 66.6 Å². The lowest BCUT2D eigenvalue weighted by Gasteiger charge is -2.24. The third-order valence-electron chi connectivity index (χ3n) is 3.53. The van der Waals surface area contributed by atoms with Gasteiger partial charge in [-0.2, -0.15) is 4.98 Å². The summed E-state index contributed by atoms with van der Waals surface area (Å²) < 4.78 is 22.1. The van der Waals surface area contributed by atoms with Crippen LogP contribution in [-0.4, -0.2) is 30.0 Å². The molecule has 0 bridgehead atoms. The van der Waals surface area contributed by atoms with Crippen molar-refractivity contribution in [2.75, 3.05) is 19.8 Å². The molecule has 3 heterocycles. The molecule has 6 nitrogen and oxygen atoms in total. The molecule has 6 heteroatoms. The molecule has 104 valence electrons. The average Bonchev–Trinajstić information content (AvgIpc) is 3.17. The molecule has 2 aliphatic heterocycles. The molecule has 0 unspecified atom stereocenters. The first kappa shape index (κ1) is 11.7. The van der Waals surface area contributed by atoms with Crippen molar-refractivity contribution in [1.29, 1.82) is 0 Å². The molecular formula is C14H14N2O4. The number of para-hydroxylation sites is 2. The Labute approximate surface area is 115 Å². The molecule has 1 fully saturated rings. The lowest BCUT2D eigenvalue weighted by atomic mass is 10.1.